The smallest absolute Gasteiger partial charge is 0.322 e. The number of likely N-dealkylation sites (tertiary alicyclic amines) is 2. The van der Waals surface area contributed by atoms with Gasteiger partial charge < -0.3 is 34.2 Å². The number of carbonyl (C=O) groups is 4. The molecule has 5 heterocycles. The van der Waals surface area contributed by atoms with Gasteiger partial charge in [0.05, 0.1) is 13.0 Å². The fraction of sp³-hybridized carbons (Fsp3) is 0.550. The summed E-state index contributed by atoms with van der Waals surface area (Å²) in [6, 6.07) is 16.0. The minimum Gasteiger partial charge on any atom is -0.465 e. The Morgan fingerprint density at radius 3 is 2.21 bits per heavy atom. The van der Waals surface area contributed by atoms with Gasteiger partial charge in [0.25, 0.3) is 0 Å². The molecule has 12 heteroatoms. The second kappa shape index (κ2) is 15.3. The highest BCUT2D eigenvalue weighted by atomic mass is 16.5. The number of nitrogens with zero attached hydrogens (tertiary/aromatic N) is 6. The Kier molecular flexibility index (Phi) is 10.6. The van der Waals surface area contributed by atoms with E-state index in [4.69, 9.17) is 4.74 Å². The van der Waals surface area contributed by atoms with Gasteiger partial charge in [-0.05, 0) is 62.9 Å². The van der Waals surface area contributed by atoms with Crippen LogP contribution in [0.1, 0.15) is 50.2 Å². The van der Waals surface area contributed by atoms with Crippen LogP contribution in [0.3, 0.4) is 0 Å². The molecule has 0 bridgehead atoms. The van der Waals surface area contributed by atoms with Crippen LogP contribution in [0.25, 0.3) is 10.9 Å². The summed E-state index contributed by atoms with van der Waals surface area (Å²) in [6.45, 7) is 8.43. The number of hydrogen-bond acceptors (Lipinski definition) is 7. The molecule has 0 saturated carbocycles. The number of likely N-dealkylation sites (N-methyl/N-ethyl adjacent to an activating group) is 1. The predicted molar refractivity (Wildman–Crippen MR) is 200 cm³/mol. The van der Waals surface area contributed by atoms with Crippen LogP contribution in [-0.4, -0.2) is 131 Å². The lowest BCUT2D eigenvalue weighted by Gasteiger charge is -2.44. The number of esters is 1. The number of carbonyl (C=O) groups excluding carboxylic acids is 4. The normalized spacial score (nSPS) is 20.8. The van der Waals surface area contributed by atoms with Crippen molar-refractivity contribution in [2.45, 2.75) is 64.1 Å². The van der Waals surface area contributed by atoms with E-state index in [1.165, 1.54) is 0 Å². The highest BCUT2D eigenvalue weighted by Crippen LogP contribution is 2.38. The first-order valence-corrected chi connectivity index (χ1v) is 19.0. The van der Waals surface area contributed by atoms with Gasteiger partial charge in [0.1, 0.15) is 0 Å². The number of urea groups is 1. The van der Waals surface area contributed by atoms with Crippen molar-refractivity contribution in [3.05, 3.63) is 65.9 Å². The number of amides is 4. The van der Waals surface area contributed by atoms with Gasteiger partial charge in [0.2, 0.25) is 11.8 Å². The minimum absolute atomic E-state index is 0.0221. The van der Waals surface area contributed by atoms with Gasteiger partial charge in [-0.2, -0.15) is 0 Å². The van der Waals surface area contributed by atoms with Crippen LogP contribution in [0.5, 0.6) is 0 Å². The van der Waals surface area contributed by atoms with Crippen LogP contribution < -0.4 is 5.32 Å². The maximum atomic E-state index is 15.0. The molecule has 0 unspecified atom stereocenters. The van der Waals surface area contributed by atoms with E-state index in [9.17, 15) is 19.2 Å². The summed E-state index contributed by atoms with van der Waals surface area (Å²) in [4.78, 5) is 67.1. The quantitative estimate of drug-likeness (QED) is 0.265. The van der Waals surface area contributed by atoms with Crippen LogP contribution in [0.15, 0.2) is 54.7 Å². The number of aryl methyl sites for hydroxylation is 1. The van der Waals surface area contributed by atoms with E-state index in [2.05, 4.69) is 22.2 Å². The summed E-state index contributed by atoms with van der Waals surface area (Å²) < 4.78 is 7.74. The molecule has 1 N–H and O–H groups in total. The van der Waals surface area contributed by atoms with Crippen molar-refractivity contribution in [2.24, 2.45) is 12.5 Å². The van der Waals surface area contributed by atoms with Crippen LogP contribution in [0.2, 0.25) is 0 Å². The molecule has 7 rings (SSSR count). The summed E-state index contributed by atoms with van der Waals surface area (Å²) in [5.74, 6) is -1.19. The van der Waals surface area contributed by atoms with Gasteiger partial charge in [-0.1, -0.05) is 36.4 Å². The van der Waals surface area contributed by atoms with Gasteiger partial charge in [0, 0.05) is 107 Å². The third kappa shape index (κ3) is 7.15. The number of piperazine rings is 1. The summed E-state index contributed by atoms with van der Waals surface area (Å²) in [6.07, 6.45) is 4.67. The zero-order valence-corrected chi connectivity index (χ0v) is 30.9. The highest BCUT2D eigenvalue weighted by molar-refractivity contribution is 6.06. The predicted octanol–water partition coefficient (Wildman–Crippen LogP) is 3.94. The molecule has 4 aliphatic heterocycles. The monoisotopic (exact) mass is 711 g/mol. The van der Waals surface area contributed by atoms with Gasteiger partial charge in [-0.3, -0.25) is 19.3 Å². The lowest BCUT2D eigenvalue weighted by atomic mass is 9.76. The molecule has 3 aromatic rings. The Morgan fingerprint density at radius 2 is 1.48 bits per heavy atom. The lowest BCUT2D eigenvalue weighted by Crippen LogP contribution is -2.58. The average Bonchev–Trinajstić information content (AvgIpc) is 3.48. The molecule has 4 amide bonds. The maximum absolute atomic E-state index is 15.0. The van der Waals surface area contributed by atoms with E-state index >= 15 is 0 Å². The Labute approximate surface area is 306 Å². The molecule has 0 spiro atoms. The number of aromatic nitrogens is 1. The van der Waals surface area contributed by atoms with E-state index in [0.717, 1.165) is 66.7 Å². The number of anilines is 1. The highest BCUT2D eigenvalue weighted by Gasteiger charge is 2.53. The number of ether oxygens (including phenoxy) is 1. The van der Waals surface area contributed by atoms with Gasteiger partial charge in [-0.25, -0.2) is 4.79 Å². The van der Waals surface area contributed by atoms with Crippen molar-refractivity contribution in [1.29, 1.82) is 0 Å². The first-order chi connectivity index (χ1) is 25.2. The van der Waals surface area contributed by atoms with Crippen molar-refractivity contribution < 1.29 is 23.9 Å². The van der Waals surface area contributed by atoms with Crippen LogP contribution in [-0.2, 0) is 39.1 Å². The molecule has 4 aliphatic rings. The van der Waals surface area contributed by atoms with Crippen molar-refractivity contribution in [3.8, 4) is 0 Å². The van der Waals surface area contributed by atoms with E-state index in [1.807, 2.05) is 76.1 Å². The zero-order chi connectivity index (χ0) is 36.4. The van der Waals surface area contributed by atoms with E-state index in [-0.39, 0.29) is 43.3 Å². The molecular formula is C40H53N7O5. The number of nitrogens with one attached hydrogen (secondary N) is 1. The van der Waals surface area contributed by atoms with Crippen molar-refractivity contribution in [2.75, 3.05) is 71.3 Å². The standard InChI is InChI=1S/C40H53N7O5/c1-4-52-38(50)40(25-30-27-43(3)35-12-8-6-10-33(30)35,37(49)46-19-13-31(14-20-46)44-23-21-42(2)22-24-44)26-36(48)45-17-15-32(16-18-45)47-28-29-9-5-7-11-34(29)41-39(47)51/h5-12,27,31-32H,4,13-26,28H2,1-3H3,(H,41,51)/t40-/m1/s1. The summed E-state index contributed by atoms with van der Waals surface area (Å²) in [7, 11) is 4.11. The number of fused-ring (bicyclic) bond motifs is 2. The number of para-hydroxylation sites is 2. The zero-order valence-electron chi connectivity index (χ0n) is 30.9. The third-order valence-corrected chi connectivity index (χ3v) is 11.9. The Morgan fingerprint density at radius 1 is 0.827 bits per heavy atom. The second-order valence-corrected chi connectivity index (χ2v) is 15.1. The molecule has 2 aromatic carbocycles. The molecule has 12 nitrogen and oxygen atoms in total. The fourth-order valence-electron chi connectivity index (χ4n) is 8.84. The minimum atomic E-state index is -1.72. The second-order valence-electron chi connectivity index (χ2n) is 15.1. The molecule has 3 saturated heterocycles. The van der Waals surface area contributed by atoms with Crippen molar-refractivity contribution in [3.63, 3.8) is 0 Å². The number of piperidine rings is 2. The number of hydrogen-bond donors (Lipinski definition) is 1. The van der Waals surface area contributed by atoms with Crippen LogP contribution >= 0.6 is 0 Å². The van der Waals surface area contributed by atoms with Gasteiger partial charge in [0.15, 0.2) is 5.41 Å². The molecule has 3 fully saturated rings. The first kappa shape index (κ1) is 36.0. The molecular weight excluding hydrogens is 658 g/mol. The third-order valence-electron chi connectivity index (χ3n) is 11.9. The summed E-state index contributed by atoms with van der Waals surface area (Å²) >= 11 is 0. The molecule has 0 radical (unpaired) electrons. The van der Waals surface area contributed by atoms with E-state index < -0.39 is 11.4 Å². The largest absolute Gasteiger partial charge is 0.465 e. The number of benzene rings is 2. The molecule has 0 aliphatic carbocycles. The topological polar surface area (TPSA) is 111 Å². The fourth-order valence-corrected chi connectivity index (χ4v) is 8.84. The van der Waals surface area contributed by atoms with Crippen LogP contribution in [0, 0.1) is 5.41 Å². The summed E-state index contributed by atoms with van der Waals surface area (Å²) in [5, 5.41) is 3.96. The Hall–Kier alpha value is -4.42. The van der Waals surface area contributed by atoms with E-state index in [1.54, 1.807) is 11.8 Å². The lowest BCUT2D eigenvalue weighted by molar-refractivity contribution is -0.169. The number of rotatable bonds is 9. The molecule has 1 aromatic heterocycles. The average molecular weight is 712 g/mol. The van der Waals surface area contributed by atoms with Crippen LogP contribution in [0.4, 0.5) is 10.5 Å². The molecule has 278 valence electrons. The van der Waals surface area contributed by atoms with E-state index in [0.29, 0.717) is 51.6 Å². The first-order valence-electron chi connectivity index (χ1n) is 19.0. The Bertz CT molecular complexity index is 1790. The summed E-state index contributed by atoms with van der Waals surface area (Å²) in [5.41, 5.74) is 2.03. The Balaban J connectivity index is 1.12. The SMILES string of the molecule is CCOC(=O)[C@@](CC(=O)N1CCC(N2Cc3ccccc3NC2=O)CC1)(Cc1cn(C)c2ccccc12)C(=O)N1CCC(N2CCN(C)CC2)CC1. The van der Waals surface area contributed by atoms with Gasteiger partial charge >= 0.3 is 12.0 Å². The maximum Gasteiger partial charge on any atom is 0.322 e. The van der Waals surface area contributed by atoms with Crippen molar-refractivity contribution in [1.82, 2.24) is 29.1 Å². The molecule has 1 atom stereocenters. The van der Waals surface area contributed by atoms with Crippen molar-refractivity contribution >= 4 is 40.4 Å². The van der Waals surface area contributed by atoms with Gasteiger partial charge in [-0.15, -0.1) is 0 Å². The molecule has 52 heavy (non-hydrogen) atoms.